The van der Waals surface area contributed by atoms with Crippen molar-refractivity contribution in [1.29, 1.82) is 0 Å². The number of hydrogen-bond acceptors (Lipinski definition) is 4. The lowest BCUT2D eigenvalue weighted by atomic mass is 9.90. The van der Waals surface area contributed by atoms with E-state index >= 15 is 0 Å². The number of amides is 1. The van der Waals surface area contributed by atoms with Gasteiger partial charge in [-0.3, -0.25) is 0 Å². The number of rotatable bonds is 4. The SMILES string of the molecule is CCC1(C)CC(NCC2CCCN2C(=O)OC(C)(C)C)CCO1. The molecule has 0 spiro atoms. The Morgan fingerprint density at radius 1 is 1.39 bits per heavy atom. The van der Waals surface area contributed by atoms with Gasteiger partial charge in [-0.25, -0.2) is 4.79 Å². The highest BCUT2D eigenvalue weighted by molar-refractivity contribution is 5.69. The van der Waals surface area contributed by atoms with Gasteiger partial charge in [0.15, 0.2) is 0 Å². The van der Waals surface area contributed by atoms with Gasteiger partial charge in [0.1, 0.15) is 5.60 Å². The average molecular weight is 326 g/mol. The number of carbonyl (C=O) groups excluding carboxylic acids is 1. The zero-order valence-electron chi connectivity index (χ0n) is 15.5. The van der Waals surface area contributed by atoms with Crippen LogP contribution in [-0.4, -0.2) is 54.0 Å². The van der Waals surface area contributed by atoms with Crippen molar-refractivity contribution in [2.45, 2.75) is 90.0 Å². The highest BCUT2D eigenvalue weighted by Gasteiger charge is 2.34. The van der Waals surface area contributed by atoms with E-state index in [0.717, 1.165) is 51.8 Å². The number of carbonyl (C=O) groups is 1. The molecule has 2 rings (SSSR count). The summed E-state index contributed by atoms with van der Waals surface area (Å²) in [5.74, 6) is 0. The number of hydrogen-bond donors (Lipinski definition) is 1. The van der Waals surface area contributed by atoms with Crippen molar-refractivity contribution in [2.24, 2.45) is 0 Å². The first-order valence-corrected chi connectivity index (χ1v) is 9.09. The van der Waals surface area contributed by atoms with Crippen molar-refractivity contribution < 1.29 is 14.3 Å². The summed E-state index contributed by atoms with van der Waals surface area (Å²) >= 11 is 0. The molecule has 5 heteroatoms. The number of nitrogens with zero attached hydrogens (tertiary/aromatic N) is 1. The lowest BCUT2D eigenvalue weighted by molar-refractivity contribution is -0.0783. The Hall–Kier alpha value is -0.810. The van der Waals surface area contributed by atoms with Crippen LogP contribution in [-0.2, 0) is 9.47 Å². The highest BCUT2D eigenvalue weighted by atomic mass is 16.6. The van der Waals surface area contributed by atoms with E-state index in [-0.39, 0.29) is 17.7 Å². The molecule has 134 valence electrons. The number of nitrogens with one attached hydrogen (secondary N) is 1. The Kier molecular flexibility index (Phi) is 5.95. The number of likely N-dealkylation sites (tertiary alicyclic amines) is 1. The summed E-state index contributed by atoms with van der Waals surface area (Å²) in [7, 11) is 0. The Bertz CT molecular complexity index is 408. The largest absolute Gasteiger partial charge is 0.444 e. The van der Waals surface area contributed by atoms with Crippen molar-refractivity contribution in [3.05, 3.63) is 0 Å². The molecule has 3 unspecified atom stereocenters. The minimum absolute atomic E-state index is 0.00353. The smallest absolute Gasteiger partial charge is 0.410 e. The van der Waals surface area contributed by atoms with Gasteiger partial charge in [-0.05, 0) is 59.8 Å². The standard InChI is InChI=1S/C18H34N2O3/c1-6-18(5)12-14(9-11-22-18)19-13-15-8-7-10-20(15)16(21)23-17(2,3)4/h14-15,19H,6-13H2,1-5H3. The molecule has 23 heavy (non-hydrogen) atoms. The fourth-order valence-electron chi connectivity index (χ4n) is 3.46. The molecule has 0 bridgehead atoms. The molecule has 2 heterocycles. The van der Waals surface area contributed by atoms with Crippen LogP contribution in [0.2, 0.25) is 0 Å². The molecule has 0 aromatic carbocycles. The zero-order chi connectivity index (χ0) is 17.1. The van der Waals surface area contributed by atoms with Gasteiger partial charge in [0, 0.05) is 31.8 Å². The van der Waals surface area contributed by atoms with Crippen LogP contribution in [0.4, 0.5) is 4.79 Å². The second-order valence-electron chi connectivity index (χ2n) is 8.22. The molecule has 2 aliphatic heterocycles. The minimum atomic E-state index is -0.429. The minimum Gasteiger partial charge on any atom is -0.444 e. The van der Waals surface area contributed by atoms with E-state index in [1.807, 2.05) is 25.7 Å². The third-order valence-corrected chi connectivity index (χ3v) is 4.99. The first-order chi connectivity index (χ1) is 10.7. The maximum Gasteiger partial charge on any atom is 0.410 e. The van der Waals surface area contributed by atoms with Crippen LogP contribution in [0.15, 0.2) is 0 Å². The summed E-state index contributed by atoms with van der Waals surface area (Å²) in [5, 5.41) is 3.67. The van der Waals surface area contributed by atoms with Gasteiger partial charge >= 0.3 is 6.09 Å². The summed E-state index contributed by atoms with van der Waals surface area (Å²) in [6.45, 7) is 12.6. The van der Waals surface area contributed by atoms with Crippen molar-refractivity contribution in [3.8, 4) is 0 Å². The molecule has 5 nitrogen and oxygen atoms in total. The molecule has 1 N–H and O–H groups in total. The molecule has 2 fully saturated rings. The van der Waals surface area contributed by atoms with Crippen molar-refractivity contribution in [1.82, 2.24) is 10.2 Å². The second-order valence-corrected chi connectivity index (χ2v) is 8.22. The summed E-state index contributed by atoms with van der Waals surface area (Å²) in [6.07, 6.45) is 5.08. The maximum absolute atomic E-state index is 12.3. The predicted molar refractivity (Wildman–Crippen MR) is 91.6 cm³/mol. The van der Waals surface area contributed by atoms with Crippen molar-refractivity contribution >= 4 is 6.09 Å². The molecule has 0 radical (unpaired) electrons. The van der Waals surface area contributed by atoms with E-state index in [2.05, 4.69) is 19.2 Å². The summed E-state index contributed by atoms with van der Waals surface area (Å²) in [4.78, 5) is 14.2. The fraction of sp³-hybridized carbons (Fsp3) is 0.944. The summed E-state index contributed by atoms with van der Waals surface area (Å²) < 4.78 is 11.4. The Labute approximate surface area is 141 Å². The average Bonchev–Trinajstić information content (AvgIpc) is 2.92. The van der Waals surface area contributed by atoms with Gasteiger partial charge in [-0.2, -0.15) is 0 Å². The van der Waals surface area contributed by atoms with Gasteiger partial charge in [0.05, 0.1) is 5.60 Å². The van der Waals surface area contributed by atoms with Crippen LogP contribution < -0.4 is 5.32 Å². The van der Waals surface area contributed by atoms with Crippen LogP contribution in [0, 0.1) is 0 Å². The van der Waals surface area contributed by atoms with E-state index in [1.165, 1.54) is 0 Å². The van der Waals surface area contributed by atoms with Crippen LogP contribution in [0.3, 0.4) is 0 Å². The monoisotopic (exact) mass is 326 g/mol. The van der Waals surface area contributed by atoms with Crippen molar-refractivity contribution in [2.75, 3.05) is 19.7 Å². The first-order valence-electron chi connectivity index (χ1n) is 9.09. The molecule has 2 aliphatic rings. The maximum atomic E-state index is 12.3. The van der Waals surface area contributed by atoms with Gasteiger partial charge in [0.2, 0.25) is 0 Å². The van der Waals surface area contributed by atoms with Gasteiger partial charge in [-0.1, -0.05) is 6.92 Å². The molecule has 0 aliphatic carbocycles. The lowest BCUT2D eigenvalue weighted by Gasteiger charge is -2.39. The van der Waals surface area contributed by atoms with Crippen LogP contribution in [0.5, 0.6) is 0 Å². The van der Waals surface area contributed by atoms with Gasteiger partial charge in [-0.15, -0.1) is 0 Å². The summed E-state index contributed by atoms with van der Waals surface area (Å²) in [5.41, 5.74) is -0.433. The lowest BCUT2D eigenvalue weighted by Crippen LogP contribution is -2.49. The number of ether oxygens (including phenoxy) is 2. The van der Waals surface area contributed by atoms with E-state index < -0.39 is 5.60 Å². The Morgan fingerprint density at radius 3 is 2.78 bits per heavy atom. The topological polar surface area (TPSA) is 50.8 Å². The molecule has 0 saturated carbocycles. The molecular formula is C18H34N2O3. The van der Waals surface area contributed by atoms with E-state index in [1.54, 1.807) is 0 Å². The normalized spacial score (nSPS) is 32.1. The molecule has 3 atom stereocenters. The van der Waals surface area contributed by atoms with Crippen LogP contribution in [0.1, 0.15) is 66.7 Å². The highest BCUT2D eigenvalue weighted by Crippen LogP contribution is 2.28. The predicted octanol–water partition coefficient (Wildman–Crippen LogP) is 3.32. The molecule has 0 aromatic heterocycles. The quantitative estimate of drug-likeness (QED) is 0.861. The fourth-order valence-corrected chi connectivity index (χ4v) is 3.46. The second kappa shape index (κ2) is 7.39. The van der Waals surface area contributed by atoms with Gasteiger partial charge < -0.3 is 19.7 Å². The third kappa shape index (κ3) is 5.35. The molecule has 2 saturated heterocycles. The molecular weight excluding hydrogens is 292 g/mol. The Balaban J connectivity index is 1.83. The van der Waals surface area contributed by atoms with E-state index in [9.17, 15) is 4.79 Å². The first kappa shape index (κ1) is 18.5. The zero-order valence-corrected chi connectivity index (χ0v) is 15.5. The van der Waals surface area contributed by atoms with Gasteiger partial charge in [0.25, 0.3) is 0 Å². The molecule has 1 amide bonds. The third-order valence-electron chi connectivity index (χ3n) is 4.99. The Morgan fingerprint density at radius 2 is 2.13 bits per heavy atom. The summed E-state index contributed by atoms with van der Waals surface area (Å²) in [6, 6.07) is 0.732. The van der Waals surface area contributed by atoms with Crippen LogP contribution in [0.25, 0.3) is 0 Å². The van der Waals surface area contributed by atoms with Crippen molar-refractivity contribution in [3.63, 3.8) is 0 Å². The van der Waals surface area contributed by atoms with E-state index in [0.29, 0.717) is 6.04 Å². The molecule has 0 aromatic rings. The van der Waals surface area contributed by atoms with Crippen LogP contribution >= 0.6 is 0 Å². The van der Waals surface area contributed by atoms with E-state index in [4.69, 9.17) is 9.47 Å².